The van der Waals surface area contributed by atoms with Crippen molar-refractivity contribution in [2.45, 2.75) is 12.5 Å². The van der Waals surface area contributed by atoms with Gasteiger partial charge in [0.2, 0.25) is 5.91 Å². The SMILES string of the molecule is COCCN(CCO)C(=O)[C@H](N)Cc1ccccc1. The van der Waals surface area contributed by atoms with Gasteiger partial charge in [-0.3, -0.25) is 4.79 Å². The third-order valence-electron chi connectivity index (χ3n) is 2.86. The lowest BCUT2D eigenvalue weighted by Crippen LogP contribution is -2.47. The van der Waals surface area contributed by atoms with Crippen molar-refractivity contribution in [3.8, 4) is 0 Å². The molecule has 1 rings (SSSR count). The van der Waals surface area contributed by atoms with Crippen molar-refractivity contribution in [3.05, 3.63) is 35.9 Å². The monoisotopic (exact) mass is 266 g/mol. The molecule has 0 radical (unpaired) electrons. The first-order valence-electron chi connectivity index (χ1n) is 6.37. The van der Waals surface area contributed by atoms with Crippen molar-refractivity contribution in [1.82, 2.24) is 4.90 Å². The Balaban J connectivity index is 2.57. The molecular formula is C14H22N2O3. The van der Waals surface area contributed by atoms with Crippen LogP contribution in [0.4, 0.5) is 0 Å². The highest BCUT2D eigenvalue weighted by atomic mass is 16.5. The molecular weight excluding hydrogens is 244 g/mol. The molecule has 0 spiro atoms. The number of amides is 1. The van der Waals surface area contributed by atoms with Crippen molar-refractivity contribution in [2.24, 2.45) is 5.73 Å². The van der Waals surface area contributed by atoms with Gasteiger partial charge >= 0.3 is 0 Å². The molecule has 0 saturated carbocycles. The van der Waals surface area contributed by atoms with Crippen LogP contribution in [0.3, 0.4) is 0 Å². The second-order valence-electron chi connectivity index (χ2n) is 4.34. The van der Waals surface area contributed by atoms with Crippen molar-refractivity contribution < 1.29 is 14.6 Å². The van der Waals surface area contributed by atoms with E-state index in [1.54, 1.807) is 7.11 Å². The Bertz CT molecular complexity index is 370. The summed E-state index contributed by atoms with van der Waals surface area (Å²) >= 11 is 0. The fourth-order valence-electron chi connectivity index (χ4n) is 1.84. The van der Waals surface area contributed by atoms with E-state index in [2.05, 4.69) is 0 Å². The minimum atomic E-state index is -0.592. The number of hydrogen-bond acceptors (Lipinski definition) is 4. The fourth-order valence-corrected chi connectivity index (χ4v) is 1.84. The molecule has 3 N–H and O–H groups in total. The van der Waals surface area contributed by atoms with Gasteiger partial charge in [-0.1, -0.05) is 30.3 Å². The van der Waals surface area contributed by atoms with Crippen LogP contribution in [0.1, 0.15) is 5.56 Å². The summed E-state index contributed by atoms with van der Waals surface area (Å²) in [5.74, 6) is -0.157. The van der Waals surface area contributed by atoms with Gasteiger partial charge in [0.1, 0.15) is 0 Å². The molecule has 5 nitrogen and oxygen atoms in total. The number of aliphatic hydroxyl groups is 1. The molecule has 0 unspecified atom stereocenters. The zero-order valence-corrected chi connectivity index (χ0v) is 11.3. The van der Waals surface area contributed by atoms with E-state index >= 15 is 0 Å². The highest BCUT2D eigenvalue weighted by molar-refractivity contribution is 5.82. The van der Waals surface area contributed by atoms with E-state index in [0.29, 0.717) is 19.6 Å². The third kappa shape index (κ3) is 5.38. The van der Waals surface area contributed by atoms with Crippen LogP contribution in [-0.4, -0.2) is 55.4 Å². The van der Waals surface area contributed by atoms with Crippen molar-refractivity contribution in [3.63, 3.8) is 0 Å². The maximum Gasteiger partial charge on any atom is 0.239 e. The average Bonchev–Trinajstić information content (AvgIpc) is 2.43. The summed E-state index contributed by atoms with van der Waals surface area (Å²) in [7, 11) is 1.57. The Labute approximate surface area is 114 Å². The van der Waals surface area contributed by atoms with Crippen LogP contribution < -0.4 is 5.73 Å². The van der Waals surface area contributed by atoms with Gasteiger partial charge in [0, 0.05) is 20.2 Å². The number of carbonyl (C=O) groups is 1. The van der Waals surface area contributed by atoms with Gasteiger partial charge in [-0.2, -0.15) is 0 Å². The summed E-state index contributed by atoms with van der Waals surface area (Å²) in [6, 6.07) is 9.06. The van der Waals surface area contributed by atoms with E-state index in [4.69, 9.17) is 15.6 Å². The maximum atomic E-state index is 12.2. The van der Waals surface area contributed by atoms with Gasteiger partial charge in [0.15, 0.2) is 0 Å². The Morgan fingerprint density at radius 1 is 1.37 bits per heavy atom. The number of ether oxygens (including phenoxy) is 1. The van der Waals surface area contributed by atoms with E-state index in [-0.39, 0.29) is 19.1 Å². The fraction of sp³-hybridized carbons (Fsp3) is 0.500. The second-order valence-corrected chi connectivity index (χ2v) is 4.34. The van der Waals surface area contributed by atoms with E-state index in [0.717, 1.165) is 5.56 Å². The highest BCUT2D eigenvalue weighted by Gasteiger charge is 2.20. The van der Waals surface area contributed by atoms with Gasteiger partial charge in [-0.05, 0) is 12.0 Å². The largest absolute Gasteiger partial charge is 0.395 e. The van der Waals surface area contributed by atoms with E-state index in [1.807, 2.05) is 30.3 Å². The summed E-state index contributed by atoms with van der Waals surface area (Å²) in [5, 5.41) is 8.98. The lowest BCUT2D eigenvalue weighted by atomic mass is 10.1. The molecule has 1 aromatic carbocycles. The topological polar surface area (TPSA) is 75.8 Å². The van der Waals surface area contributed by atoms with Gasteiger partial charge < -0.3 is 20.5 Å². The predicted octanol–water partition coefficient (Wildman–Crippen LogP) is 0.0237. The second kappa shape index (κ2) is 8.63. The minimum absolute atomic E-state index is 0.0759. The Hall–Kier alpha value is -1.43. The molecule has 19 heavy (non-hydrogen) atoms. The zero-order valence-electron chi connectivity index (χ0n) is 11.3. The molecule has 0 fully saturated rings. The third-order valence-corrected chi connectivity index (χ3v) is 2.86. The summed E-state index contributed by atoms with van der Waals surface area (Å²) < 4.78 is 4.95. The normalized spacial score (nSPS) is 12.2. The molecule has 5 heteroatoms. The lowest BCUT2D eigenvalue weighted by Gasteiger charge is -2.24. The maximum absolute atomic E-state index is 12.2. The smallest absolute Gasteiger partial charge is 0.239 e. The van der Waals surface area contributed by atoms with Gasteiger partial charge in [-0.25, -0.2) is 0 Å². The Kier molecular flexibility index (Phi) is 7.10. The number of hydrogen-bond donors (Lipinski definition) is 2. The van der Waals surface area contributed by atoms with Crippen LogP contribution >= 0.6 is 0 Å². The Morgan fingerprint density at radius 2 is 2.05 bits per heavy atom. The first-order valence-corrected chi connectivity index (χ1v) is 6.37. The first-order chi connectivity index (χ1) is 9.19. The molecule has 0 aliphatic heterocycles. The average molecular weight is 266 g/mol. The molecule has 106 valence electrons. The lowest BCUT2D eigenvalue weighted by molar-refractivity contribution is -0.133. The first kappa shape index (κ1) is 15.6. The number of carbonyl (C=O) groups excluding carboxylic acids is 1. The van der Waals surface area contributed by atoms with Gasteiger partial charge in [-0.15, -0.1) is 0 Å². The number of methoxy groups -OCH3 is 1. The van der Waals surface area contributed by atoms with Crippen LogP contribution in [-0.2, 0) is 16.0 Å². The summed E-state index contributed by atoms with van der Waals surface area (Å²) in [6.45, 7) is 1.08. The molecule has 0 heterocycles. The van der Waals surface area contributed by atoms with Crippen molar-refractivity contribution in [2.75, 3.05) is 33.4 Å². The van der Waals surface area contributed by atoms with E-state index < -0.39 is 6.04 Å². The number of rotatable bonds is 8. The van der Waals surface area contributed by atoms with Crippen LogP contribution in [0.2, 0.25) is 0 Å². The summed E-state index contributed by atoms with van der Waals surface area (Å²) in [4.78, 5) is 13.7. The number of aliphatic hydroxyl groups excluding tert-OH is 1. The molecule has 0 saturated heterocycles. The van der Waals surface area contributed by atoms with E-state index in [9.17, 15) is 4.79 Å². The van der Waals surface area contributed by atoms with Crippen LogP contribution in [0.15, 0.2) is 30.3 Å². The molecule has 0 aliphatic rings. The highest BCUT2D eigenvalue weighted by Crippen LogP contribution is 2.04. The van der Waals surface area contributed by atoms with E-state index in [1.165, 1.54) is 4.90 Å². The summed E-state index contributed by atoms with van der Waals surface area (Å²) in [6.07, 6.45) is 0.495. The zero-order chi connectivity index (χ0) is 14.1. The number of benzene rings is 1. The molecule has 0 bridgehead atoms. The number of nitrogens with two attached hydrogens (primary N) is 1. The van der Waals surface area contributed by atoms with Crippen LogP contribution in [0, 0.1) is 0 Å². The van der Waals surface area contributed by atoms with Gasteiger partial charge in [0.25, 0.3) is 0 Å². The Morgan fingerprint density at radius 3 is 2.63 bits per heavy atom. The molecule has 1 amide bonds. The minimum Gasteiger partial charge on any atom is -0.395 e. The molecule has 0 aromatic heterocycles. The molecule has 1 aromatic rings. The van der Waals surface area contributed by atoms with Crippen LogP contribution in [0.25, 0.3) is 0 Å². The van der Waals surface area contributed by atoms with Crippen LogP contribution in [0.5, 0.6) is 0 Å². The predicted molar refractivity (Wildman–Crippen MR) is 73.7 cm³/mol. The van der Waals surface area contributed by atoms with Crippen molar-refractivity contribution >= 4 is 5.91 Å². The summed E-state index contributed by atoms with van der Waals surface area (Å²) in [5.41, 5.74) is 6.97. The van der Waals surface area contributed by atoms with Gasteiger partial charge in [0.05, 0.1) is 19.3 Å². The number of nitrogens with zero attached hydrogens (tertiary/aromatic N) is 1. The standard InChI is InChI=1S/C14H22N2O3/c1-19-10-8-16(7-9-17)14(18)13(15)11-12-5-3-2-4-6-12/h2-6,13,17H,7-11,15H2,1H3/t13-/m1/s1. The molecule has 0 aliphatic carbocycles. The quantitative estimate of drug-likeness (QED) is 0.696. The molecule has 1 atom stereocenters. The van der Waals surface area contributed by atoms with Crippen molar-refractivity contribution in [1.29, 1.82) is 0 Å².